The van der Waals surface area contributed by atoms with Crippen LogP contribution in [0.5, 0.6) is 0 Å². The number of aryl methyl sites for hydroxylation is 1. The van der Waals surface area contributed by atoms with E-state index in [1.807, 2.05) is 37.4 Å². The fraction of sp³-hybridized carbons (Fsp3) is 0.154. The van der Waals surface area contributed by atoms with Crippen molar-refractivity contribution in [3.63, 3.8) is 0 Å². The van der Waals surface area contributed by atoms with E-state index in [4.69, 9.17) is 5.73 Å². The van der Waals surface area contributed by atoms with Crippen LogP contribution in [0.4, 0.5) is 0 Å². The summed E-state index contributed by atoms with van der Waals surface area (Å²) in [6, 6.07) is 7.81. The number of aromatic nitrogens is 1. The maximum absolute atomic E-state index is 6.30. The Labute approximate surface area is 118 Å². The van der Waals surface area contributed by atoms with Crippen LogP contribution in [0.25, 0.3) is 0 Å². The van der Waals surface area contributed by atoms with E-state index in [0.29, 0.717) is 0 Å². The topological polar surface area (TPSA) is 38.9 Å². The monoisotopic (exact) mass is 354 g/mol. The van der Waals surface area contributed by atoms with Gasteiger partial charge in [0, 0.05) is 21.3 Å². The lowest BCUT2D eigenvalue weighted by atomic mass is 9.98. The SMILES string of the molecule is Cc1ccncc1C(N)c1cc(Br)ccc1Br. The zero-order valence-corrected chi connectivity index (χ0v) is 12.5. The molecule has 0 aliphatic carbocycles. The molecule has 2 N–H and O–H groups in total. The van der Waals surface area contributed by atoms with Gasteiger partial charge in [0.15, 0.2) is 0 Å². The highest BCUT2D eigenvalue weighted by molar-refractivity contribution is 9.11. The van der Waals surface area contributed by atoms with Gasteiger partial charge in [0.25, 0.3) is 0 Å². The zero-order valence-electron chi connectivity index (χ0n) is 9.32. The Kier molecular flexibility index (Phi) is 3.97. The molecule has 0 bridgehead atoms. The van der Waals surface area contributed by atoms with Crippen LogP contribution in [-0.4, -0.2) is 4.98 Å². The molecule has 88 valence electrons. The van der Waals surface area contributed by atoms with Crippen LogP contribution >= 0.6 is 31.9 Å². The third-order valence-electron chi connectivity index (χ3n) is 2.71. The molecule has 0 spiro atoms. The summed E-state index contributed by atoms with van der Waals surface area (Å²) in [6.07, 6.45) is 3.61. The van der Waals surface area contributed by atoms with E-state index >= 15 is 0 Å². The van der Waals surface area contributed by atoms with Gasteiger partial charge in [-0.3, -0.25) is 4.98 Å². The van der Waals surface area contributed by atoms with Crippen LogP contribution < -0.4 is 5.73 Å². The first kappa shape index (κ1) is 12.7. The molecule has 2 aromatic rings. The van der Waals surface area contributed by atoms with E-state index in [1.54, 1.807) is 6.20 Å². The van der Waals surface area contributed by atoms with Crippen LogP contribution in [0.1, 0.15) is 22.7 Å². The van der Waals surface area contributed by atoms with Crippen molar-refractivity contribution >= 4 is 31.9 Å². The second-order valence-corrected chi connectivity index (χ2v) is 5.65. The third kappa shape index (κ3) is 2.76. The molecular formula is C13H12Br2N2. The fourth-order valence-corrected chi connectivity index (χ4v) is 2.59. The highest BCUT2D eigenvalue weighted by Gasteiger charge is 2.14. The number of halogens is 2. The van der Waals surface area contributed by atoms with Gasteiger partial charge in [0.2, 0.25) is 0 Å². The van der Waals surface area contributed by atoms with Crippen LogP contribution in [0.15, 0.2) is 45.6 Å². The number of rotatable bonds is 2. The Morgan fingerprint density at radius 1 is 1.18 bits per heavy atom. The number of hydrogen-bond donors (Lipinski definition) is 1. The molecule has 0 saturated carbocycles. The Hall–Kier alpha value is -0.710. The van der Waals surface area contributed by atoms with Gasteiger partial charge in [-0.05, 0) is 47.9 Å². The van der Waals surface area contributed by atoms with E-state index < -0.39 is 0 Å². The van der Waals surface area contributed by atoms with Gasteiger partial charge in [-0.1, -0.05) is 31.9 Å². The smallest absolute Gasteiger partial charge is 0.0581 e. The molecule has 1 atom stereocenters. The van der Waals surface area contributed by atoms with E-state index in [2.05, 4.69) is 36.8 Å². The first-order chi connectivity index (χ1) is 8.09. The molecule has 0 aliphatic heterocycles. The second kappa shape index (κ2) is 5.29. The quantitative estimate of drug-likeness (QED) is 0.885. The molecule has 0 aliphatic rings. The fourth-order valence-electron chi connectivity index (χ4n) is 1.72. The predicted octanol–water partition coefficient (Wildman–Crippen LogP) is 3.96. The van der Waals surface area contributed by atoms with Gasteiger partial charge in [0.05, 0.1) is 6.04 Å². The molecule has 0 saturated heterocycles. The maximum Gasteiger partial charge on any atom is 0.0581 e. The summed E-state index contributed by atoms with van der Waals surface area (Å²) in [5, 5.41) is 0. The Balaban J connectivity index is 2.47. The molecule has 1 heterocycles. The van der Waals surface area contributed by atoms with Gasteiger partial charge < -0.3 is 5.73 Å². The van der Waals surface area contributed by atoms with Crippen molar-refractivity contribution in [2.45, 2.75) is 13.0 Å². The lowest BCUT2D eigenvalue weighted by Gasteiger charge is -2.16. The van der Waals surface area contributed by atoms with Crippen LogP contribution in [-0.2, 0) is 0 Å². The highest BCUT2D eigenvalue weighted by atomic mass is 79.9. The van der Waals surface area contributed by atoms with Crippen molar-refractivity contribution in [2.75, 3.05) is 0 Å². The molecule has 0 fully saturated rings. The number of nitrogens with two attached hydrogens (primary N) is 1. The Morgan fingerprint density at radius 3 is 2.65 bits per heavy atom. The van der Waals surface area contributed by atoms with Crippen LogP contribution in [0, 0.1) is 6.92 Å². The maximum atomic E-state index is 6.30. The van der Waals surface area contributed by atoms with Crippen molar-refractivity contribution in [1.82, 2.24) is 4.98 Å². The predicted molar refractivity (Wildman–Crippen MR) is 76.8 cm³/mol. The molecule has 2 rings (SSSR count). The molecule has 17 heavy (non-hydrogen) atoms. The number of pyridine rings is 1. The van der Waals surface area contributed by atoms with Crippen LogP contribution in [0.3, 0.4) is 0 Å². The van der Waals surface area contributed by atoms with Gasteiger partial charge in [-0.25, -0.2) is 0 Å². The minimum absolute atomic E-state index is 0.171. The number of benzene rings is 1. The minimum Gasteiger partial charge on any atom is -0.320 e. The van der Waals surface area contributed by atoms with E-state index in [1.165, 1.54) is 0 Å². The summed E-state index contributed by atoms with van der Waals surface area (Å²) in [7, 11) is 0. The molecular weight excluding hydrogens is 344 g/mol. The molecule has 0 radical (unpaired) electrons. The van der Waals surface area contributed by atoms with E-state index in [-0.39, 0.29) is 6.04 Å². The molecule has 1 aromatic carbocycles. The first-order valence-corrected chi connectivity index (χ1v) is 6.79. The normalized spacial score (nSPS) is 12.5. The van der Waals surface area contributed by atoms with Crippen molar-refractivity contribution < 1.29 is 0 Å². The molecule has 1 aromatic heterocycles. The summed E-state index contributed by atoms with van der Waals surface area (Å²) in [6.45, 7) is 2.04. The first-order valence-electron chi connectivity index (χ1n) is 5.20. The van der Waals surface area contributed by atoms with Gasteiger partial charge in [0.1, 0.15) is 0 Å². The summed E-state index contributed by atoms with van der Waals surface area (Å²) < 4.78 is 2.03. The summed E-state index contributed by atoms with van der Waals surface area (Å²) >= 11 is 7.00. The van der Waals surface area contributed by atoms with Gasteiger partial charge in [-0.2, -0.15) is 0 Å². The average Bonchev–Trinajstić information content (AvgIpc) is 2.32. The standard InChI is InChI=1S/C13H12Br2N2/c1-8-4-5-17-7-11(8)13(16)10-6-9(14)2-3-12(10)15/h2-7,13H,16H2,1H3. The average molecular weight is 356 g/mol. The lowest BCUT2D eigenvalue weighted by Crippen LogP contribution is -2.14. The second-order valence-electron chi connectivity index (χ2n) is 3.88. The van der Waals surface area contributed by atoms with Crippen LogP contribution in [0.2, 0.25) is 0 Å². The summed E-state index contributed by atoms with van der Waals surface area (Å²) in [4.78, 5) is 4.14. The minimum atomic E-state index is -0.171. The molecule has 2 nitrogen and oxygen atoms in total. The Morgan fingerprint density at radius 2 is 1.94 bits per heavy atom. The number of hydrogen-bond acceptors (Lipinski definition) is 2. The van der Waals surface area contributed by atoms with Crippen molar-refractivity contribution in [1.29, 1.82) is 0 Å². The van der Waals surface area contributed by atoms with E-state index in [0.717, 1.165) is 25.6 Å². The van der Waals surface area contributed by atoms with Gasteiger partial charge in [-0.15, -0.1) is 0 Å². The lowest BCUT2D eigenvalue weighted by molar-refractivity contribution is 0.847. The number of nitrogens with zero attached hydrogens (tertiary/aromatic N) is 1. The Bertz CT molecular complexity index is 541. The molecule has 4 heteroatoms. The summed E-state index contributed by atoms with van der Waals surface area (Å²) in [5.74, 6) is 0. The largest absolute Gasteiger partial charge is 0.320 e. The van der Waals surface area contributed by atoms with Gasteiger partial charge >= 0.3 is 0 Å². The van der Waals surface area contributed by atoms with E-state index in [9.17, 15) is 0 Å². The van der Waals surface area contributed by atoms with Crippen molar-refractivity contribution in [3.8, 4) is 0 Å². The van der Waals surface area contributed by atoms with Crippen molar-refractivity contribution in [2.24, 2.45) is 5.73 Å². The third-order valence-corrected chi connectivity index (χ3v) is 3.92. The zero-order chi connectivity index (χ0) is 12.4. The summed E-state index contributed by atoms with van der Waals surface area (Å²) in [5.41, 5.74) is 9.55. The van der Waals surface area contributed by atoms with Crippen molar-refractivity contribution in [3.05, 3.63) is 62.3 Å². The molecule has 1 unspecified atom stereocenters. The molecule has 0 amide bonds. The highest BCUT2D eigenvalue weighted by Crippen LogP contribution is 2.30.